The van der Waals surface area contributed by atoms with Crippen LogP contribution in [0.4, 0.5) is 5.82 Å². The Labute approximate surface area is 118 Å². The first-order chi connectivity index (χ1) is 7.77. The number of anilines is 1. The van der Waals surface area contributed by atoms with E-state index in [1.54, 1.807) is 0 Å². The molecule has 0 spiro atoms. The molecule has 3 rings (SSSR count). The van der Waals surface area contributed by atoms with Crippen LogP contribution in [0.1, 0.15) is 12.5 Å². The van der Waals surface area contributed by atoms with Crippen LogP contribution in [0.2, 0.25) is 0 Å². The number of nitrogens with two attached hydrogens (primary N) is 1. The molecule has 8 heteroatoms. The van der Waals surface area contributed by atoms with E-state index in [0.717, 1.165) is 34.2 Å². The Bertz CT molecular complexity index is 536. The highest BCUT2D eigenvalue weighted by atomic mass is 127. The predicted octanol–water partition coefficient (Wildman–Crippen LogP) is 0.969. The maximum atomic E-state index is 5.84. The molecule has 1 saturated heterocycles. The molecule has 1 aliphatic heterocycles. The summed E-state index contributed by atoms with van der Waals surface area (Å²) in [5.41, 5.74) is 6.68. The van der Waals surface area contributed by atoms with Crippen molar-refractivity contribution in [3.8, 4) is 0 Å². The molecule has 2 aromatic heterocycles. The lowest BCUT2D eigenvalue weighted by molar-refractivity contribution is 0.500. The van der Waals surface area contributed by atoms with Crippen LogP contribution in [0.15, 0.2) is 6.33 Å². The van der Waals surface area contributed by atoms with Crippen molar-refractivity contribution in [2.75, 3.05) is 18.8 Å². The molecule has 1 unspecified atom stereocenters. The van der Waals surface area contributed by atoms with Gasteiger partial charge >= 0.3 is 0 Å². The topological polar surface area (TPSA) is 81.7 Å². The minimum atomic E-state index is 0. The zero-order valence-corrected chi connectivity index (χ0v) is 11.9. The van der Waals surface area contributed by atoms with Crippen molar-refractivity contribution in [2.24, 2.45) is 0 Å². The zero-order valence-electron chi connectivity index (χ0n) is 8.93. The van der Waals surface area contributed by atoms with E-state index in [1.165, 1.54) is 6.33 Å². The van der Waals surface area contributed by atoms with E-state index in [-0.39, 0.29) is 12.4 Å². The molecule has 1 atom stereocenters. The van der Waals surface area contributed by atoms with Crippen LogP contribution in [0, 0.1) is 3.70 Å². The lowest BCUT2D eigenvalue weighted by Crippen LogP contribution is -2.15. The maximum Gasteiger partial charge on any atom is 0.164 e. The van der Waals surface area contributed by atoms with Crippen molar-refractivity contribution in [3.05, 3.63) is 10.0 Å². The Morgan fingerprint density at radius 1 is 1.47 bits per heavy atom. The van der Waals surface area contributed by atoms with Gasteiger partial charge in [0.05, 0.1) is 11.4 Å². The van der Waals surface area contributed by atoms with Crippen molar-refractivity contribution in [2.45, 2.75) is 12.5 Å². The highest BCUT2D eigenvalue weighted by Crippen LogP contribution is 2.26. The van der Waals surface area contributed by atoms with E-state index in [1.807, 2.05) is 4.68 Å². The highest BCUT2D eigenvalue weighted by molar-refractivity contribution is 14.1. The molecule has 0 aliphatic carbocycles. The second-order valence-corrected chi connectivity index (χ2v) is 4.86. The minimum Gasteiger partial charge on any atom is -0.383 e. The molecule has 0 bridgehead atoms. The molecule has 6 nitrogen and oxygen atoms in total. The first kappa shape index (κ1) is 12.8. The molecule has 0 aromatic carbocycles. The van der Waals surface area contributed by atoms with Gasteiger partial charge in [0.25, 0.3) is 0 Å². The fourth-order valence-corrected chi connectivity index (χ4v) is 2.81. The second kappa shape index (κ2) is 4.91. The van der Waals surface area contributed by atoms with Gasteiger partial charge in [0, 0.05) is 6.54 Å². The summed E-state index contributed by atoms with van der Waals surface area (Å²) in [5.74, 6) is 0.506. The fourth-order valence-electron chi connectivity index (χ4n) is 2.06. The van der Waals surface area contributed by atoms with Crippen molar-refractivity contribution in [1.82, 2.24) is 25.1 Å². The summed E-state index contributed by atoms with van der Waals surface area (Å²) in [6.45, 7) is 1.97. The third kappa shape index (κ3) is 2.06. The zero-order chi connectivity index (χ0) is 11.1. The molecule has 3 heterocycles. The van der Waals surface area contributed by atoms with E-state index in [4.69, 9.17) is 5.73 Å². The molecule has 17 heavy (non-hydrogen) atoms. The van der Waals surface area contributed by atoms with E-state index in [0.29, 0.717) is 11.9 Å². The van der Waals surface area contributed by atoms with Crippen LogP contribution in [-0.2, 0) is 0 Å². The first-order valence-electron chi connectivity index (χ1n) is 5.12. The molecule has 0 amide bonds. The Hall–Kier alpha value is -0.670. The van der Waals surface area contributed by atoms with E-state index < -0.39 is 0 Å². The average molecular weight is 367 g/mol. The number of halogens is 2. The lowest BCUT2D eigenvalue weighted by atomic mass is 10.2. The van der Waals surface area contributed by atoms with Gasteiger partial charge in [-0.15, -0.1) is 12.4 Å². The number of rotatable bonds is 1. The van der Waals surface area contributed by atoms with Crippen LogP contribution in [0.25, 0.3) is 11.0 Å². The van der Waals surface area contributed by atoms with Gasteiger partial charge in [-0.25, -0.2) is 14.6 Å². The van der Waals surface area contributed by atoms with Crippen molar-refractivity contribution < 1.29 is 0 Å². The fraction of sp³-hybridized carbons (Fsp3) is 0.444. The third-order valence-corrected chi connectivity index (χ3v) is 3.61. The van der Waals surface area contributed by atoms with Gasteiger partial charge in [0.2, 0.25) is 0 Å². The molecular formula is C9H12ClIN6. The molecule has 3 N–H and O–H groups in total. The second-order valence-electron chi connectivity index (χ2n) is 3.84. The molecule has 2 aromatic rings. The van der Waals surface area contributed by atoms with Gasteiger partial charge in [-0.1, -0.05) is 0 Å². The van der Waals surface area contributed by atoms with Crippen LogP contribution in [0.5, 0.6) is 0 Å². The van der Waals surface area contributed by atoms with Crippen molar-refractivity contribution in [3.63, 3.8) is 0 Å². The summed E-state index contributed by atoms with van der Waals surface area (Å²) in [6.07, 6.45) is 2.57. The molecule has 1 aliphatic rings. The Kier molecular flexibility index (Phi) is 3.69. The number of aromatic nitrogens is 4. The normalized spacial score (nSPS) is 19.5. The third-order valence-electron chi connectivity index (χ3n) is 2.86. The van der Waals surface area contributed by atoms with Crippen LogP contribution < -0.4 is 11.1 Å². The summed E-state index contributed by atoms with van der Waals surface area (Å²) in [6, 6.07) is 0.375. The largest absolute Gasteiger partial charge is 0.383 e. The number of nitrogen functional groups attached to an aromatic ring is 1. The minimum absolute atomic E-state index is 0. The average Bonchev–Trinajstić information content (AvgIpc) is 2.86. The SMILES string of the molecule is Cl.Nc1ncnc2c1c(I)nn2C1CCNC1. The Balaban J connectivity index is 0.00000108. The standard InChI is InChI=1S/C9H11IN6.ClH/c10-7-6-8(11)13-4-14-9(6)16(15-7)5-1-2-12-3-5;/h4-5,12H,1-3H2,(H2,11,13,14);1H. The van der Waals surface area contributed by atoms with Crippen LogP contribution in [-0.4, -0.2) is 32.8 Å². The Morgan fingerprint density at radius 2 is 2.29 bits per heavy atom. The number of nitrogens with one attached hydrogen (secondary N) is 1. The van der Waals surface area contributed by atoms with Gasteiger partial charge in [-0.05, 0) is 35.6 Å². The summed E-state index contributed by atoms with van der Waals surface area (Å²) in [7, 11) is 0. The number of nitrogens with zero attached hydrogens (tertiary/aromatic N) is 4. The summed E-state index contributed by atoms with van der Waals surface area (Å²) >= 11 is 2.18. The van der Waals surface area contributed by atoms with Gasteiger partial charge < -0.3 is 11.1 Å². The highest BCUT2D eigenvalue weighted by Gasteiger charge is 2.22. The molecule has 0 radical (unpaired) electrons. The Morgan fingerprint density at radius 3 is 3.00 bits per heavy atom. The predicted molar refractivity (Wildman–Crippen MR) is 76.2 cm³/mol. The summed E-state index contributed by atoms with van der Waals surface area (Å²) < 4.78 is 2.84. The molecular weight excluding hydrogens is 354 g/mol. The van der Waals surface area contributed by atoms with Crippen LogP contribution in [0.3, 0.4) is 0 Å². The van der Waals surface area contributed by atoms with E-state index >= 15 is 0 Å². The number of hydrogen-bond donors (Lipinski definition) is 2. The van der Waals surface area contributed by atoms with Crippen molar-refractivity contribution >= 4 is 51.8 Å². The monoisotopic (exact) mass is 366 g/mol. The van der Waals surface area contributed by atoms with Gasteiger partial charge in [-0.2, -0.15) is 5.10 Å². The molecule has 92 valence electrons. The lowest BCUT2D eigenvalue weighted by Gasteiger charge is -2.09. The molecule has 0 saturated carbocycles. The van der Waals surface area contributed by atoms with Crippen molar-refractivity contribution in [1.29, 1.82) is 0 Å². The van der Waals surface area contributed by atoms with Gasteiger partial charge in [0.15, 0.2) is 5.65 Å². The number of hydrogen-bond acceptors (Lipinski definition) is 5. The van der Waals surface area contributed by atoms with Gasteiger partial charge in [-0.3, -0.25) is 0 Å². The van der Waals surface area contributed by atoms with E-state index in [9.17, 15) is 0 Å². The summed E-state index contributed by atoms with van der Waals surface area (Å²) in [4.78, 5) is 8.29. The smallest absolute Gasteiger partial charge is 0.164 e. The quantitative estimate of drug-likeness (QED) is 0.735. The maximum absolute atomic E-state index is 5.84. The summed E-state index contributed by atoms with van der Waals surface area (Å²) in [5, 5.41) is 8.71. The van der Waals surface area contributed by atoms with Gasteiger partial charge in [0.1, 0.15) is 15.8 Å². The number of fused-ring (bicyclic) bond motifs is 1. The molecule has 1 fully saturated rings. The first-order valence-corrected chi connectivity index (χ1v) is 6.20. The van der Waals surface area contributed by atoms with E-state index in [2.05, 4.69) is 43.0 Å². The van der Waals surface area contributed by atoms with Crippen LogP contribution >= 0.6 is 35.0 Å².